The molecule has 3 aromatic rings. The van der Waals surface area contributed by atoms with Crippen LogP contribution in [-0.4, -0.2) is 22.8 Å². The first kappa shape index (κ1) is 15.0. The Bertz CT molecular complexity index is 793. The van der Waals surface area contributed by atoms with Gasteiger partial charge >= 0.3 is 0 Å². The van der Waals surface area contributed by atoms with Gasteiger partial charge in [0.15, 0.2) is 10.9 Å². The number of aromatic nitrogens is 1. The van der Waals surface area contributed by atoms with Crippen LogP contribution < -0.4 is 10.6 Å². The number of thiazole rings is 1. The van der Waals surface area contributed by atoms with Gasteiger partial charge in [0.25, 0.3) is 5.91 Å². The molecule has 0 fully saturated rings. The largest absolute Gasteiger partial charge is 0.472 e. The lowest BCUT2D eigenvalue weighted by Gasteiger charge is -2.12. The van der Waals surface area contributed by atoms with Crippen LogP contribution in [0.4, 0.5) is 5.13 Å². The first-order chi connectivity index (χ1) is 11.1. The summed E-state index contributed by atoms with van der Waals surface area (Å²) in [5.41, 5.74) is 1.00. The molecule has 0 spiro atoms. The maximum atomic E-state index is 12.1. The van der Waals surface area contributed by atoms with Gasteiger partial charge in [0, 0.05) is 5.38 Å². The molecule has 0 aliphatic rings. The molecule has 0 bridgehead atoms. The van der Waals surface area contributed by atoms with Crippen molar-refractivity contribution in [3.8, 4) is 11.5 Å². The molecule has 2 amide bonds. The lowest BCUT2D eigenvalue weighted by atomic mass is 10.2. The molecule has 8 heteroatoms. The van der Waals surface area contributed by atoms with Crippen molar-refractivity contribution in [1.29, 1.82) is 0 Å². The molecule has 0 unspecified atom stereocenters. The fourth-order valence-corrected chi connectivity index (χ4v) is 2.52. The van der Waals surface area contributed by atoms with E-state index in [-0.39, 0.29) is 11.8 Å². The van der Waals surface area contributed by atoms with Crippen LogP contribution in [0.15, 0.2) is 51.2 Å². The zero-order valence-corrected chi connectivity index (χ0v) is 12.9. The number of carbonyl (C=O) groups is 2. The Morgan fingerprint density at radius 2 is 2.17 bits per heavy atom. The van der Waals surface area contributed by atoms with Crippen LogP contribution in [0, 0.1) is 0 Å². The van der Waals surface area contributed by atoms with Gasteiger partial charge in [0.05, 0.1) is 18.1 Å². The van der Waals surface area contributed by atoms with E-state index in [0.717, 1.165) is 0 Å². The monoisotopic (exact) mass is 331 g/mol. The smallest absolute Gasteiger partial charge is 0.255 e. The average molecular weight is 331 g/mol. The topological polar surface area (TPSA) is 97.4 Å². The van der Waals surface area contributed by atoms with Crippen molar-refractivity contribution in [2.75, 3.05) is 5.32 Å². The average Bonchev–Trinajstić information content (AvgIpc) is 3.28. The second kappa shape index (κ2) is 6.49. The molecule has 0 saturated heterocycles. The van der Waals surface area contributed by atoms with E-state index in [0.29, 0.717) is 22.1 Å². The lowest BCUT2D eigenvalue weighted by Crippen LogP contribution is -2.41. The van der Waals surface area contributed by atoms with Crippen LogP contribution >= 0.6 is 11.3 Å². The Kier molecular flexibility index (Phi) is 4.24. The third-order valence-corrected chi connectivity index (χ3v) is 3.79. The van der Waals surface area contributed by atoms with E-state index >= 15 is 0 Å². The highest BCUT2D eigenvalue weighted by molar-refractivity contribution is 7.14. The summed E-state index contributed by atoms with van der Waals surface area (Å²) in [5.74, 6) is -0.109. The Hall–Kier alpha value is -2.87. The minimum Gasteiger partial charge on any atom is -0.472 e. The number of hydrogen-bond acceptors (Lipinski definition) is 6. The highest BCUT2D eigenvalue weighted by Crippen LogP contribution is 2.25. The Balaban J connectivity index is 1.59. The van der Waals surface area contributed by atoms with Crippen molar-refractivity contribution in [3.63, 3.8) is 0 Å². The molecular weight excluding hydrogens is 318 g/mol. The third kappa shape index (κ3) is 3.49. The van der Waals surface area contributed by atoms with Crippen LogP contribution in [0.3, 0.4) is 0 Å². The fraction of sp³-hybridized carbons (Fsp3) is 0.133. The van der Waals surface area contributed by atoms with Crippen molar-refractivity contribution in [2.45, 2.75) is 13.0 Å². The number of rotatable bonds is 5. The van der Waals surface area contributed by atoms with Gasteiger partial charge in [0.2, 0.25) is 5.91 Å². The van der Waals surface area contributed by atoms with Crippen LogP contribution in [0.1, 0.15) is 17.3 Å². The van der Waals surface area contributed by atoms with Gasteiger partial charge in [-0.3, -0.25) is 9.59 Å². The van der Waals surface area contributed by atoms with Crippen molar-refractivity contribution in [1.82, 2.24) is 10.3 Å². The van der Waals surface area contributed by atoms with E-state index in [2.05, 4.69) is 15.6 Å². The molecule has 1 atom stereocenters. The highest BCUT2D eigenvalue weighted by atomic mass is 32.1. The normalized spacial score (nSPS) is 11.9. The third-order valence-electron chi connectivity index (χ3n) is 3.03. The predicted octanol–water partition coefficient (Wildman–Crippen LogP) is 2.75. The van der Waals surface area contributed by atoms with E-state index in [1.54, 1.807) is 30.7 Å². The van der Waals surface area contributed by atoms with Gasteiger partial charge in [-0.15, -0.1) is 11.3 Å². The summed E-state index contributed by atoms with van der Waals surface area (Å²) in [4.78, 5) is 28.2. The SMILES string of the molecule is C[C@H](NC(=O)c1ccoc1)C(=O)Nc1nc(-c2ccco2)cs1. The quantitative estimate of drug-likeness (QED) is 0.749. The molecule has 23 heavy (non-hydrogen) atoms. The number of carbonyl (C=O) groups excluding carboxylic acids is 2. The summed E-state index contributed by atoms with van der Waals surface area (Å²) >= 11 is 1.28. The standard InChI is InChI=1S/C15H13N3O4S/c1-9(16-14(20)10-4-6-21-7-10)13(19)18-15-17-11(8-23-15)12-3-2-5-22-12/h2-9H,1H3,(H,16,20)(H,17,18,19)/t9-/m0/s1. The maximum Gasteiger partial charge on any atom is 0.255 e. The molecule has 0 aliphatic heterocycles. The van der Waals surface area contributed by atoms with Gasteiger partial charge in [-0.2, -0.15) is 0 Å². The summed E-state index contributed by atoms with van der Waals surface area (Å²) in [7, 11) is 0. The number of nitrogens with one attached hydrogen (secondary N) is 2. The van der Waals surface area contributed by atoms with Crippen molar-refractivity contribution >= 4 is 28.3 Å². The predicted molar refractivity (Wildman–Crippen MR) is 84.1 cm³/mol. The van der Waals surface area contributed by atoms with E-state index in [4.69, 9.17) is 8.83 Å². The maximum absolute atomic E-state index is 12.1. The summed E-state index contributed by atoms with van der Waals surface area (Å²) in [5, 5.41) is 7.46. The van der Waals surface area contributed by atoms with Crippen LogP contribution in [0.5, 0.6) is 0 Å². The first-order valence-electron chi connectivity index (χ1n) is 6.77. The van der Waals surface area contributed by atoms with E-state index in [1.165, 1.54) is 29.9 Å². The van der Waals surface area contributed by atoms with Gasteiger partial charge in [0.1, 0.15) is 18.0 Å². The molecule has 3 heterocycles. The molecule has 0 aliphatic carbocycles. The summed E-state index contributed by atoms with van der Waals surface area (Å²) in [6, 6.07) is 4.36. The van der Waals surface area contributed by atoms with Crippen LogP contribution in [0.25, 0.3) is 11.5 Å². The molecule has 0 aromatic carbocycles. The van der Waals surface area contributed by atoms with Gasteiger partial charge in [-0.1, -0.05) is 0 Å². The van der Waals surface area contributed by atoms with E-state index in [9.17, 15) is 9.59 Å². The van der Waals surface area contributed by atoms with Gasteiger partial charge in [-0.25, -0.2) is 4.98 Å². The lowest BCUT2D eigenvalue weighted by molar-refractivity contribution is -0.117. The highest BCUT2D eigenvalue weighted by Gasteiger charge is 2.18. The molecule has 0 radical (unpaired) electrons. The Morgan fingerprint density at radius 1 is 1.30 bits per heavy atom. The fourth-order valence-electron chi connectivity index (χ4n) is 1.82. The van der Waals surface area contributed by atoms with E-state index in [1.807, 2.05) is 0 Å². The summed E-state index contributed by atoms with van der Waals surface area (Å²) in [6.45, 7) is 1.59. The summed E-state index contributed by atoms with van der Waals surface area (Å²) in [6.07, 6.45) is 4.27. The van der Waals surface area contributed by atoms with Gasteiger partial charge < -0.3 is 19.5 Å². The number of anilines is 1. The number of amides is 2. The second-order valence-corrected chi connectivity index (χ2v) is 5.57. The number of hydrogen-bond donors (Lipinski definition) is 2. The Labute approximate surface area is 135 Å². The molecule has 3 aromatic heterocycles. The van der Waals surface area contributed by atoms with Crippen LogP contribution in [0.2, 0.25) is 0 Å². The van der Waals surface area contributed by atoms with Crippen molar-refractivity contribution in [3.05, 3.63) is 47.9 Å². The van der Waals surface area contributed by atoms with Crippen molar-refractivity contribution < 1.29 is 18.4 Å². The van der Waals surface area contributed by atoms with Crippen molar-refractivity contribution in [2.24, 2.45) is 0 Å². The zero-order valence-electron chi connectivity index (χ0n) is 12.1. The van der Waals surface area contributed by atoms with E-state index < -0.39 is 6.04 Å². The summed E-state index contributed by atoms with van der Waals surface area (Å²) < 4.78 is 10.1. The molecule has 118 valence electrons. The molecule has 3 rings (SSSR count). The minimum atomic E-state index is -0.714. The molecular formula is C15H13N3O4S. The van der Waals surface area contributed by atoms with Crippen LogP contribution in [-0.2, 0) is 4.79 Å². The number of nitrogens with zero attached hydrogens (tertiary/aromatic N) is 1. The Morgan fingerprint density at radius 3 is 2.87 bits per heavy atom. The van der Waals surface area contributed by atoms with Gasteiger partial charge in [-0.05, 0) is 25.1 Å². The second-order valence-electron chi connectivity index (χ2n) is 4.71. The molecule has 0 saturated carbocycles. The minimum absolute atomic E-state index is 0.359. The molecule has 7 nitrogen and oxygen atoms in total. The molecule has 2 N–H and O–H groups in total. The first-order valence-corrected chi connectivity index (χ1v) is 7.65. The number of furan rings is 2. The zero-order chi connectivity index (χ0) is 16.2.